The normalized spacial score (nSPS) is 19.5. The number of halogens is 2. The van der Waals surface area contributed by atoms with Crippen molar-refractivity contribution in [2.24, 2.45) is 0 Å². The van der Waals surface area contributed by atoms with Gasteiger partial charge in [0.2, 0.25) is 0 Å². The molecule has 1 aliphatic rings. The van der Waals surface area contributed by atoms with E-state index in [1.807, 2.05) is 17.0 Å². The molecule has 2 atom stereocenters. The summed E-state index contributed by atoms with van der Waals surface area (Å²) in [6.07, 6.45) is 2.85. The van der Waals surface area contributed by atoms with E-state index in [0.717, 1.165) is 29.4 Å². The number of alkyl halides is 1. The van der Waals surface area contributed by atoms with Crippen molar-refractivity contribution in [2.45, 2.75) is 49.2 Å². The third kappa shape index (κ3) is 6.33. The van der Waals surface area contributed by atoms with Crippen LogP contribution < -0.4 is 14.8 Å². The zero-order valence-corrected chi connectivity index (χ0v) is 21.3. The minimum atomic E-state index is 0.0440. The summed E-state index contributed by atoms with van der Waals surface area (Å²) in [5, 5.41) is 3.49. The summed E-state index contributed by atoms with van der Waals surface area (Å²) >= 11 is 4.62. The summed E-state index contributed by atoms with van der Waals surface area (Å²) in [7, 11) is 3.28. The maximum absolute atomic E-state index is 13.5. The van der Waals surface area contributed by atoms with E-state index in [2.05, 4.69) is 64.3 Å². The molecule has 1 aromatic carbocycles. The van der Waals surface area contributed by atoms with Gasteiger partial charge in [-0.1, -0.05) is 22.6 Å². The third-order valence-corrected chi connectivity index (χ3v) is 6.70. The second-order valence-electron chi connectivity index (χ2n) is 7.09. The lowest BCUT2D eigenvalue weighted by Gasteiger charge is -2.39. The highest BCUT2D eigenvalue weighted by molar-refractivity contribution is 14.1. The molecule has 0 aliphatic carbocycles. The summed E-state index contributed by atoms with van der Waals surface area (Å²) in [6.45, 7) is 6.12. The van der Waals surface area contributed by atoms with Crippen molar-refractivity contribution >= 4 is 51.1 Å². The van der Waals surface area contributed by atoms with Crippen molar-refractivity contribution in [3.05, 3.63) is 21.3 Å². The van der Waals surface area contributed by atoms with Crippen LogP contribution in [0.2, 0.25) is 0 Å². The van der Waals surface area contributed by atoms with Gasteiger partial charge >= 0.3 is 0 Å². The van der Waals surface area contributed by atoms with Gasteiger partial charge in [-0.15, -0.1) is 0 Å². The molecule has 2 unspecified atom stereocenters. The van der Waals surface area contributed by atoms with E-state index < -0.39 is 0 Å². The summed E-state index contributed by atoms with van der Waals surface area (Å²) in [6, 6.07) is 4.01. The average molecular weight is 616 g/mol. The van der Waals surface area contributed by atoms with Crippen LogP contribution in [0.3, 0.4) is 0 Å². The van der Waals surface area contributed by atoms with E-state index in [1.54, 1.807) is 14.2 Å². The van der Waals surface area contributed by atoms with Gasteiger partial charge in [-0.3, -0.25) is 4.79 Å². The van der Waals surface area contributed by atoms with Crippen molar-refractivity contribution < 1.29 is 19.0 Å². The van der Waals surface area contributed by atoms with Crippen LogP contribution >= 0.6 is 45.2 Å². The topological polar surface area (TPSA) is 60.0 Å². The Bertz CT molecular complexity index is 649. The molecule has 8 heteroatoms. The fraction of sp³-hybridized carbons (Fsp3) is 0.650. The Morgan fingerprint density at radius 2 is 2.00 bits per heavy atom. The largest absolute Gasteiger partial charge is 0.493 e. The number of carbonyl (C=O) groups excluding carboxylic acids is 1. The first-order valence-corrected chi connectivity index (χ1v) is 11.9. The molecule has 1 N–H and O–H groups in total. The molecular weight excluding hydrogens is 586 g/mol. The first-order valence-electron chi connectivity index (χ1n) is 9.58. The molecule has 1 saturated heterocycles. The number of methoxy groups -OCH3 is 2. The molecule has 0 aromatic heterocycles. The number of hydrogen-bond donors (Lipinski definition) is 1. The monoisotopic (exact) mass is 616 g/mol. The molecule has 158 valence electrons. The van der Waals surface area contributed by atoms with Gasteiger partial charge < -0.3 is 24.4 Å². The number of benzene rings is 1. The quantitative estimate of drug-likeness (QED) is 0.196. The van der Waals surface area contributed by atoms with Gasteiger partial charge in [0.25, 0.3) is 5.91 Å². The number of rotatable bonds is 9. The van der Waals surface area contributed by atoms with Gasteiger partial charge in [-0.2, -0.15) is 0 Å². The number of ether oxygens (including phenoxy) is 3. The van der Waals surface area contributed by atoms with Crippen molar-refractivity contribution in [3.8, 4) is 11.5 Å². The van der Waals surface area contributed by atoms with Gasteiger partial charge in [0, 0.05) is 42.3 Å². The zero-order valence-electron chi connectivity index (χ0n) is 17.0. The Kier molecular flexibility index (Phi) is 10.1. The molecule has 6 nitrogen and oxygen atoms in total. The van der Waals surface area contributed by atoms with Crippen LogP contribution in [0.5, 0.6) is 11.5 Å². The molecule has 0 saturated carbocycles. The molecule has 0 spiro atoms. The number of hydrogen-bond acceptors (Lipinski definition) is 5. The fourth-order valence-corrected chi connectivity index (χ4v) is 4.65. The SMILES string of the molecule is COCCCOc1cc(C(=O)N(C(C)C)C2CCC(I)NC2)c(I)cc1OC. The molecule has 1 amide bonds. The molecule has 0 radical (unpaired) electrons. The standard InChI is InChI=1S/C20H30I2N2O4/c1-13(2)24(14-6-7-19(22)23-12-14)20(25)15-10-18(28-9-5-8-26-3)17(27-4)11-16(15)21/h10-11,13-14,19,23H,5-9,12H2,1-4H3. The molecule has 1 aromatic rings. The zero-order chi connectivity index (χ0) is 20.7. The summed E-state index contributed by atoms with van der Waals surface area (Å²) in [4.78, 5) is 15.5. The van der Waals surface area contributed by atoms with Gasteiger partial charge in [0.15, 0.2) is 11.5 Å². The minimum Gasteiger partial charge on any atom is -0.493 e. The van der Waals surface area contributed by atoms with Crippen molar-refractivity contribution in [2.75, 3.05) is 34.0 Å². The Labute approximate surface area is 195 Å². The van der Waals surface area contributed by atoms with Gasteiger partial charge in [-0.05, 0) is 61.4 Å². The smallest absolute Gasteiger partial charge is 0.255 e. The first-order chi connectivity index (χ1) is 13.4. The third-order valence-electron chi connectivity index (χ3n) is 4.75. The molecule has 0 bridgehead atoms. The maximum Gasteiger partial charge on any atom is 0.255 e. The molecule has 28 heavy (non-hydrogen) atoms. The van der Waals surface area contributed by atoms with Crippen LogP contribution in [0.4, 0.5) is 0 Å². The van der Waals surface area contributed by atoms with E-state index in [9.17, 15) is 4.79 Å². The van der Waals surface area contributed by atoms with Gasteiger partial charge in [0.1, 0.15) is 0 Å². The molecule has 1 aliphatic heterocycles. The highest BCUT2D eigenvalue weighted by Gasteiger charge is 2.31. The summed E-state index contributed by atoms with van der Waals surface area (Å²) < 4.78 is 17.8. The van der Waals surface area contributed by atoms with Gasteiger partial charge in [0.05, 0.1) is 23.3 Å². The highest BCUT2D eigenvalue weighted by Crippen LogP contribution is 2.33. The molecule has 2 rings (SSSR count). The summed E-state index contributed by atoms with van der Waals surface area (Å²) in [5.74, 6) is 1.28. The number of nitrogens with one attached hydrogen (secondary N) is 1. The van der Waals surface area contributed by atoms with Gasteiger partial charge in [-0.25, -0.2) is 0 Å². The van der Waals surface area contributed by atoms with Crippen LogP contribution in [-0.4, -0.2) is 60.9 Å². The molecular formula is C20H30I2N2O4. The average Bonchev–Trinajstić information content (AvgIpc) is 2.67. The lowest BCUT2D eigenvalue weighted by Crippen LogP contribution is -2.53. The second-order valence-corrected chi connectivity index (χ2v) is 9.76. The first kappa shape index (κ1) is 23.9. The van der Waals surface area contributed by atoms with E-state index >= 15 is 0 Å². The van der Waals surface area contributed by atoms with Crippen molar-refractivity contribution in [1.29, 1.82) is 0 Å². The van der Waals surface area contributed by atoms with Crippen LogP contribution in [0.15, 0.2) is 12.1 Å². The predicted octanol–water partition coefficient (Wildman–Crippen LogP) is 4.08. The van der Waals surface area contributed by atoms with E-state index in [0.29, 0.717) is 34.3 Å². The van der Waals surface area contributed by atoms with Crippen LogP contribution in [0.1, 0.15) is 43.5 Å². The Balaban J connectivity index is 2.25. The maximum atomic E-state index is 13.5. The summed E-state index contributed by atoms with van der Waals surface area (Å²) in [5.41, 5.74) is 0.661. The molecule has 1 heterocycles. The predicted molar refractivity (Wildman–Crippen MR) is 128 cm³/mol. The van der Waals surface area contributed by atoms with E-state index in [4.69, 9.17) is 14.2 Å². The number of carbonyl (C=O) groups is 1. The van der Waals surface area contributed by atoms with Crippen LogP contribution in [0.25, 0.3) is 0 Å². The number of piperidine rings is 1. The van der Waals surface area contributed by atoms with Crippen molar-refractivity contribution in [1.82, 2.24) is 10.2 Å². The fourth-order valence-electron chi connectivity index (χ4n) is 3.36. The Morgan fingerprint density at radius 1 is 1.25 bits per heavy atom. The second kappa shape index (κ2) is 11.8. The Morgan fingerprint density at radius 3 is 2.57 bits per heavy atom. The minimum absolute atomic E-state index is 0.0440. The highest BCUT2D eigenvalue weighted by atomic mass is 127. The van der Waals surface area contributed by atoms with Crippen molar-refractivity contribution in [3.63, 3.8) is 0 Å². The lowest BCUT2D eigenvalue weighted by molar-refractivity contribution is 0.0569. The number of nitrogens with zero attached hydrogens (tertiary/aromatic N) is 1. The van der Waals surface area contributed by atoms with Crippen LogP contribution in [0, 0.1) is 3.57 Å². The van der Waals surface area contributed by atoms with Crippen LogP contribution in [-0.2, 0) is 4.74 Å². The lowest BCUT2D eigenvalue weighted by atomic mass is 10.0. The Hall–Kier alpha value is -0.330. The van der Waals surface area contributed by atoms with E-state index in [-0.39, 0.29) is 18.0 Å². The molecule has 1 fully saturated rings. The number of amides is 1. The van der Waals surface area contributed by atoms with E-state index in [1.165, 1.54) is 0 Å².